The Bertz CT molecular complexity index is 2130. The van der Waals surface area contributed by atoms with E-state index in [9.17, 15) is 9.59 Å². The lowest BCUT2D eigenvalue weighted by Gasteiger charge is -2.23. The van der Waals surface area contributed by atoms with Gasteiger partial charge in [0.2, 0.25) is 0 Å². The van der Waals surface area contributed by atoms with Crippen LogP contribution in [0.5, 0.6) is 0 Å². The van der Waals surface area contributed by atoms with Gasteiger partial charge in [-0.25, -0.2) is 19.9 Å². The molecule has 2 amide bonds. The molecule has 5 heterocycles. The van der Waals surface area contributed by atoms with E-state index in [1.165, 1.54) is 23.5 Å². The van der Waals surface area contributed by atoms with Crippen molar-refractivity contribution in [1.29, 1.82) is 0 Å². The Morgan fingerprint density at radius 3 is 1.80 bits per heavy atom. The van der Waals surface area contributed by atoms with Crippen LogP contribution in [0.25, 0.3) is 43.6 Å². The van der Waals surface area contributed by atoms with Gasteiger partial charge in [0.25, 0.3) is 11.8 Å². The highest BCUT2D eigenvalue weighted by Gasteiger charge is 2.26. The molecule has 1 aliphatic rings. The molecule has 0 atom stereocenters. The Morgan fingerprint density at radius 1 is 0.804 bits per heavy atom. The number of thioether (sulfide) groups is 2. The molecule has 2 aromatic carbocycles. The van der Waals surface area contributed by atoms with E-state index in [0.29, 0.717) is 16.0 Å². The maximum absolute atomic E-state index is 11.9. The highest BCUT2D eigenvalue weighted by atomic mass is 32.2. The molecule has 0 unspecified atom stereocenters. The van der Waals surface area contributed by atoms with Crippen molar-refractivity contribution in [3.8, 4) is 0 Å². The molecule has 1 fully saturated rings. The Balaban J connectivity index is 0.000000162. The number of nitrogens with zero attached hydrogens (tertiary/aromatic N) is 8. The molecule has 238 valence electrons. The van der Waals surface area contributed by atoms with E-state index in [0.717, 1.165) is 69.5 Å². The molecular formula is C31H35N11O2S2. The molecule has 15 heteroatoms. The number of piperidine rings is 1. The summed E-state index contributed by atoms with van der Waals surface area (Å²) in [5, 5.41) is 17.1. The van der Waals surface area contributed by atoms with Crippen molar-refractivity contribution in [2.75, 3.05) is 25.6 Å². The Morgan fingerprint density at radius 2 is 1.30 bits per heavy atom. The van der Waals surface area contributed by atoms with Gasteiger partial charge >= 0.3 is 0 Å². The summed E-state index contributed by atoms with van der Waals surface area (Å²) in [6, 6.07) is 7.80. The fourth-order valence-electron chi connectivity index (χ4n) is 5.74. The van der Waals surface area contributed by atoms with E-state index < -0.39 is 11.8 Å². The summed E-state index contributed by atoms with van der Waals surface area (Å²) in [7, 11) is 0. The predicted molar refractivity (Wildman–Crippen MR) is 182 cm³/mol. The standard InChI is InChI=1S/C16H18N6OS.C15H17N5OS/c1-24-16-19-8-9-2-3-11-13(15(17)23)21-22(14(11)12(9)20-16)10-4-6-18-7-5-10;1-15(2,3)20-12-9(11(19-20)13(16)21)6-5-8-7-17-14(22-4)18-10(8)12/h2-3,8,10,18H,4-7H2,1H3,(H2,17,23);5-7H,1-4H3,(H2,16,21). The summed E-state index contributed by atoms with van der Waals surface area (Å²) in [6.45, 7) is 7.96. The first-order chi connectivity index (χ1) is 22.0. The van der Waals surface area contributed by atoms with Gasteiger partial charge in [0.1, 0.15) is 11.0 Å². The number of amides is 2. The molecule has 0 saturated carbocycles. The molecule has 1 aliphatic heterocycles. The third-order valence-corrected chi connectivity index (χ3v) is 9.01. The predicted octanol–water partition coefficient (Wildman–Crippen LogP) is 4.28. The number of benzene rings is 2. The van der Waals surface area contributed by atoms with E-state index >= 15 is 0 Å². The van der Waals surface area contributed by atoms with E-state index in [-0.39, 0.29) is 17.3 Å². The minimum atomic E-state index is -0.536. The summed E-state index contributed by atoms with van der Waals surface area (Å²) in [5.74, 6) is -1.04. The van der Waals surface area contributed by atoms with Crippen LogP contribution >= 0.6 is 23.5 Å². The van der Waals surface area contributed by atoms with Gasteiger partial charge in [0, 0.05) is 33.9 Å². The molecule has 46 heavy (non-hydrogen) atoms. The van der Waals surface area contributed by atoms with Gasteiger partial charge in [-0.15, -0.1) is 0 Å². The highest BCUT2D eigenvalue weighted by Crippen LogP contribution is 2.33. The molecule has 0 aliphatic carbocycles. The molecular weight excluding hydrogens is 623 g/mol. The maximum atomic E-state index is 11.9. The molecule has 13 nitrogen and oxygen atoms in total. The van der Waals surface area contributed by atoms with Gasteiger partial charge in [0.15, 0.2) is 21.7 Å². The van der Waals surface area contributed by atoms with E-state index in [1.807, 2.05) is 73.1 Å². The summed E-state index contributed by atoms with van der Waals surface area (Å²) in [4.78, 5) is 41.5. The second kappa shape index (κ2) is 12.5. The zero-order chi connectivity index (χ0) is 32.7. The van der Waals surface area contributed by atoms with Crippen molar-refractivity contribution in [2.24, 2.45) is 11.5 Å². The first-order valence-corrected chi connectivity index (χ1v) is 17.2. The maximum Gasteiger partial charge on any atom is 0.269 e. The van der Waals surface area contributed by atoms with E-state index in [2.05, 4.69) is 35.5 Å². The lowest BCUT2D eigenvalue weighted by atomic mass is 10.1. The zero-order valence-electron chi connectivity index (χ0n) is 26.2. The first-order valence-electron chi connectivity index (χ1n) is 14.8. The second-order valence-corrected chi connectivity index (χ2v) is 13.5. The van der Waals surface area contributed by atoms with E-state index in [4.69, 9.17) is 11.5 Å². The van der Waals surface area contributed by atoms with Crippen LogP contribution in [0, 0.1) is 0 Å². The lowest BCUT2D eigenvalue weighted by Crippen LogP contribution is -2.30. The number of carbonyl (C=O) groups excluding carboxylic acids is 2. The van der Waals surface area contributed by atoms with Crippen LogP contribution in [0.3, 0.4) is 0 Å². The summed E-state index contributed by atoms with van der Waals surface area (Å²) in [5.41, 5.74) is 14.6. The van der Waals surface area contributed by atoms with Gasteiger partial charge in [-0.2, -0.15) is 10.2 Å². The molecule has 0 radical (unpaired) electrons. The fourth-order valence-corrected chi connectivity index (χ4v) is 6.42. The Kier molecular flexibility index (Phi) is 8.56. The third-order valence-electron chi connectivity index (χ3n) is 7.89. The van der Waals surface area contributed by atoms with Crippen molar-refractivity contribution >= 4 is 78.9 Å². The number of aromatic nitrogens is 8. The molecule has 7 rings (SSSR count). The van der Waals surface area contributed by atoms with Gasteiger partial charge in [-0.3, -0.25) is 19.0 Å². The van der Waals surface area contributed by atoms with E-state index in [1.54, 1.807) is 6.20 Å². The summed E-state index contributed by atoms with van der Waals surface area (Å²) < 4.78 is 3.78. The van der Waals surface area contributed by atoms with Crippen LogP contribution in [0.15, 0.2) is 47.0 Å². The minimum Gasteiger partial charge on any atom is -0.364 e. The van der Waals surface area contributed by atoms with Crippen molar-refractivity contribution < 1.29 is 9.59 Å². The molecule has 1 saturated heterocycles. The number of hydrogen-bond donors (Lipinski definition) is 3. The Hall–Kier alpha value is -4.34. The van der Waals surface area contributed by atoms with Crippen molar-refractivity contribution in [2.45, 2.75) is 55.5 Å². The number of fused-ring (bicyclic) bond motifs is 6. The lowest BCUT2D eigenvalue weighted by molar-refractivity contribution is 0.0987. The van der Waals surface area contributed by atoms with Crippen LogP contribution in [0.4, 0.5) is 0 Å². The number of nitrogens with two attached hydrogens (primary N) is 2. The molecule has 5 N–H and O–H groups in total. The third kappa shape index (κ3) is 5.74. The summed E-state index contributed by atoms with van der Waals surface area (Å²) in [6.07, 6.45) is 9.41. The number of nitrogens with one attached hydrogen (secondary N) is 1. The molecule has 6 aromatic rings. The molecule has 0 bridgehead atoms. The SMILES string of the molecule is CSc1ncc2ccc3c(C(N)=O)nn(C(C)(C)C)c3c2n1.CSc1ncc2ccc3c(C(N)=O)nn(C4CCNCC4)c3c2n1. The number of carbonyl (C=O) groups is 2. The fraction of sp³-hybridized carbons (Fsp3) is 0.355. The van der Waals surface area contributed by atoms with Gasteiger partial charge in [-0.1, -0.05) is 35.7 Å². The minimum absolute atomic E-state index is 0.236. The second-order valence-electron chi connectivity index (χ2n) is 11.9. The number of primary amides is 2. The van der Waals surface area contributed by atoms with Crippen molar-refractivity contribution in [3.05, 3.63) is 48.0 Å². The largest absolute Gasteiger partial charge is 0.364 e. The average molecular weight is 658 g/mol. The average Bonchev–Trinajstić information content (AvgIpc) is 3.66. The monoisotopic (exact) mass is 657 g/mol. The topological polar surface area (TPSA) is 185 Å². The highest BCUT2D eigenvalue weighted by molar-refractivity contribution is 7.98. The molecule has 0 spiro atoms. The normalized spacial score (nSPS) is 14.2. The zero-order valence-corrected chi connectivity index (χ0v) is 27.9. The van der Waals surface area contributed by atoms with Gasteiger partial charge in [0.05, 0.1) is 22.6 Å². The molecule has 4 aromatic heterocycles. The Labute approximate surface area is 273 Å². The van der Waals surface area contributed by atoms with Crippen LogP contribution in [-0.2, 0) is 5.54 Å². The van der Waals surface area contributed by atoms with Crippen LogP contribution in [-0.4, -0.2) is 76.9 Å². The first kappa shape index (κ1) is 31.6. The van der Waals surface area contributed by atoms with Gasteiger partial charge < -0.3 is 16.8 Å². The number of hydrogen-bond acceptors (Lipinski definition) is 11. The van der Waals surface area contributed by atoms with Gasteiger partial charge in [-0.05, 0) is 71.3 Å². The van der Waals surface area contributed by atoms with Crippen LogP contribution < -0.4 is 16.8 Å². The number of rotatable bonds is 5. The van der Waals surface area contributed by atoms with Crippen LogP contribution in [0.2, 0.25) is 0 Å². The van der Waals surface area contributed by atoms with Crippen molar-refractivity contribution in [3.63, 3.8) is 0 Å². The van der Waals surface area contributed by atoms with Crippen molar-refractivity contribution in [1.82, 2.24) is 44.8 Å². The summed E-state index contributed by atoms with van der Waals surface area (Å²) >= 11 is 2.97. The smallest absolute Gasteiger partial charge is 0.269 e. The quantitative estimate of drug-likeness (QED) is 0.177. The van der Waals surface area contributed by atoms with Crippen LogP contribution in [0.1, 0.15) is 60.6 Å².